The van der Waals surface area contributed by atoms with Crippen molar-refractivity contribution in [2.45, 2.75) is 12.8 Å². The van der Waals surface area contributed by atoms with Gasteiger partial charge in [-0.15, -0.1) is 0 Å². The predicted octanol–water partition coefficient (Wildman–Crippen LogP) is 1.39. The number of hydrogen-bond acceptors (Lipinski definition) is 5. The minimum atomic E-state index is -0.480. The molecule has 0 N–H and O–H groups in total. The zero-order valence-corrected chi connectivity index (χ0v) is 10.8. The first-order valence-corrected chi connectivity index (χ1v) is 5.89. The van der Waals surface area contributed by atoms with E-state index < -0.39 is 17.9 Å². The Morgan fingerprint density at radius 2 is 2.00 bits per heavy atom. The number of ketones is 1. The Balaban J connectivity index is 2.24. The molecule has 0 bridgehead atoms. The molecular weight excluding hydrogens is 248 g/mol. The molecule has 0 fully saturated rings. The third-order valence-electron chi connectivity index (χ3n) is 3.27. The number of Topliss-reactive ketones (excluding diaryl/α,β-unsaturated/α-hetero) is 1. The summed E-state index contributed by atoms with van der Waals surface area (Å²) in [6, 6.07) is 4.88. The highest BCUT2D eigenvalue weighted by molar-refractivity contribution is 6.05. The molecule has 0 spiro atoms. The Bertz CT molecular complexity index is 547. The molecule has 1 aliphatic carbocycles. The zero-order valence-electron chi connectivity index (χ0n) is 10.8. The maximum atomic E-state index is 12.2. The van der Waals surface area contributed by atoms with E-state index in [9.17, 15) is 14.4 Å². The maximum Gasteiger partial charge on any atom is 0.337 e. The molecule has 0 amide bonds. The second-order valence-corrected chi connectivity index (χ2v) is 4.41. The number of esters is 2. The molecule has 1 unspecified atom stereocenters. The van der Waals surface area contributed by atoms with Crippen LogP contribution in [-0.2, 0) is 20.7 Å². The molecule has 2 rings (SSSR count). The van der Waals surface area contributed by atoms with Crippen molar-refractivity contribution in [1.82, 2.24) is 0 Å². The predicted molar refractivity (Wildman–Crippen MR) is 65.9 cm³/mol. The molecule has 1 aromatic carbocycles. The van der Waals surface area contributed by atoms with Gasteiger partial charge in [0.15, 0.2) is 5.78 Å². The normalized spacial score (nSPS) is 16.9. The molecule has 100 valence electrons. The number of carbonyl (C=O) groups excluding carboxylic acids is 3. The Kier molecular flexibility index (Phi) is 3.64. The standard InChI is InChI=1S/C14H14O5/c1-18-12(15)7-10-5-8-3-4-9(14(17)19-2)6-11(8)13(10)16/h3-4,6,10H,5,7H2,1-2H3. The van der Waals surface area contributed by atoms with Crippen LogP contribution < -0.4 is 0 Å². The summed E-state index contributed by atoms with van der Waals surface area (Å²) >= 11 is 0. The highest BCUT2D eigenvalue weighted by Gasteiger charge is 2.32. The van der Waals surface area contributed by atoms with E-state index in [0.717, 1.165) is 5.56 Å². The highest BCUT2D eigenvalue weighted by Crippen LogP contribution is 2.30. The summed E-state index contributed by atoms with van der Waals surface area (Å²) in [5, 5.41) is 0. The number of methoxy groups -OCH3 is 2. The van der Waals surface area contributed by atoms with E-state index >= 15 is 0 Å². The maximum absolute atomic E-state index is 12.2. The monoisotopic (exact) mass is 262 g/mol. The van der Waals surface area contributed by atoms with Crippen LogP contribution in [0.25, 0.3) is 0 Å². The Labute approximate surface area is 110 Å². The molecule has 1 atom stereocenters. The van der Waals surface area contributed by atoms with Crippen LogP contribution in [0.1, 0.15) is 32.7 Å². The van der Waals surface area contributed by atoms with Gasteiger partial charge in [0, 0.05) is 11.5 Å². The highest BCUT2D eigenvalue weighted by atomic mass is 16.5. The Morgan fingerprint density at radius 1 is 1.26 bits per heavy atom. The van der Waals surface area contributed by atoms with Crippen molar-refractivity contribution in [2.75, 3.05) is 14.2 Å². The van der Waals surface area contributed by atoms with Gasteiger partial charge < -0.3 is 9.47 Å². The molecular formula is C14H14O5. The van der Waals surface area contributed by atoms with Crippen LogP contribution in [-0.4, -0.2) is 31.9 Å². The van der Waals surface area contributed by atoms with E-state index in [-0.39, 0.29) is 12.2 Å². The van der Waals surface area contributed by atoms with Gasteiger partial charge in [0.05, 0.1) is 26.2 Å². The third-order valence-corrected chi connectivity index (χ3v) is 3.27. The van der Waals surface area contributed by atoms with Crippen LogP contribution in [0, 0.1) is 5.92 Å². The van der Waals surface area contributed by atoms with Crippen LogP contribution in [0.5, 0.6) is 0 Å². The van der Waals surface area contributed by atoms with Gasteiger partial charge in [-0.05, 0) is 24.1 Å². The van der Waals surface area contributed by atoms with Crippen molar-refractivity contribution in [1.29, 1.82) is 0 Å². The number of ether oxygens (including phenoxy) is 2. The van der Waals surface area contributed by atoms with Crippen LogP contribution >= 0.6 is 0 Å². The van der Waals surface area contributed by atoms with Gasteiger partial charge in [0.1, 0.15) is 0 Å². The van der Waals surface area contributed by atoms with E-state index in [1.807, 2.05) is 0 Å². The molecule has 0 radical (unpaired) electrons. The first-order chi connectivity index (χ1) is 9.06. The lowest BCUT2D eigenvalue weighted by Gasteiger charge is -2.04. The summed E-state index contributed by atoms with van der Waals surface area (Å²) in [5.74, 6) is -1.40. The van der Waals surface area contributed by atoms with Gasteiger partial charge in [-0.2, -0.15) is 0 Å². The van der Waals surface area contributed by atoms with Crippen LogP contribution in [0.15, 0.2) is 18.2 Å². The third kappa shape index (κ3) is 2.50. The summed E-state index contributed by atoms with van der Waals surface area (Å²) in [6.45, 7) is 0. The van der Waals surface area contributed by atoms with Gasteiger partial charge in [0.2, 0.25) is 0 Å². The average Bonchev–Trinajstić information content (AvgIpc) is 2.74. The summed E-state index contributed by atoms with van der Waals surface area (Å²) in [4.78, 5) is 34.8. The van der Waals surface area contributed by atoms with Gasteiger partial charge >= 0.3 is 11.9 Å². The number of rotatable bonds is 3. The Hall–Kier alpha value is -2.17. The van der Waals surface area contributed by atoms with E-state index in [1.54, 1.807) is 12.1 Å². The lowest BCUT2D eigenvalue weighted by Crippen LogP contribution is -2.15. The molecule has 0 aliphatic heterocycles. The van der Waals surface area contributed by atoms with Crippen molar-refractivity contribution in [3.63, 3.8) is 0 Å². The minimum Gasteiger partial charge on any atom is -0.469 e. The van der Waals surface area contributed by atoms with Crippen molar-refractivity contribution >= 4 is 17.7 Å². The molecule has 0 saturated carbocycles. The Morgan fingerprint density at radius 3 is 2.63 bits per heavy atom. The number of hydrogen-bond donors (Lipinski definition) is 0. The SMILES string of the molecule is COC(=O)CC1Cc2ccc(C(=O)OC)cc2C1=O. The average molecular weight is 262 g/mol. The van der Waals surface area contributed by atoms with Gasteiger partial charge in [-0.3, -0.25) is 9.59 Å². The molecule has 19 heavy (non-hydrogen) atoms. The van der Waals surface area contributed by atoms with Crippen molar-refractivity contribution in [2.24, 2.45) is 5.92 Å². The van der Waals surface area contributed by atoms with E-state index in [0.29, 0.717) is 17.5 Å². The zero-order chi connectivity index (χ0) is 14.0. The van der Waals surface area contributed by atoms with Gasteiger partial charge in [0.25, 0.3) is 0 Å². The van der Waals surface area contributed by atoms with Crippen molar-refractivity contribution in [3.05, 3.63) is 34.9 Å². The van der Waals surface area contributed by atoms with Crippen LogP contribution in [0.4, 0.5) is 0 Å². The van der Waals surface area contributed by atoms with Crippen LogP contribution in [0.3, 0.4) is 0 Å². The van der Waals surface area contributed by atoms with Gasteiger partial charge in [-0.1, -0.05) is 6.07 Å². The first kappa shape index (κ1) is 13.3. The van der Waals surface area contributed by atoms with Crippen LogP contribution in [0.2, 0.25) is 0 Å². The van der Waals surface area contributed by atoms with Gasteiger partial charge in [-0.25, -0.2) is 4.79 Å². The fraction of sp³-hybridized carbons (Fsp3) is 0.357. The molecule has 5 nitrogen and oxygen atoms in total. The van der Waals surface area contributed by atoms with E-state index in [4.69, 9.17) is 0 Å². The second-order valence-electron chi connectivity index (χ2n) is 4.41. The summed E-state index contributed by atoms with van der Waals surface area (Å²) < 4.78 is 9.19. The second kappa shape index (κ2) is 5.22. The minimum absolute atomic E-state index is 0.0670. The van der Waals surface area contributed by atoms with E-state index in [2.05, 4.69) is 9.47 Å². The molecule has 1 aromatic rings. The summed E-state index contributed by atoms with van der Waals surface area (Å²) in [5.41, 5.74) is 1.69. The number of benzene rings is 1. The molecule has 0 heterocycles. The summed E-state index contributed by atoms with van der Waals surface area (Å²) in [7, 11) is 2.59. The number of fused-ring (bicyclic) bond motifs is 1. The number of carbonyl (C=O) groups is 3. The lowest BCUT2D eigenvalue weighted by atomic mass is 10.0. The largest absolute Gasteiger partial charge is 0.469 e. The van der Waals surface area contributed by atoms with E-state index in [1.165, 1.54) is 20.3 Å². The molecule has 5 heteroatoms. The molecule has 0 aromatic heterocycles. The quantitative estimate of drug-likeness (QED) is 0.770. The lowest BCUT2D eigenvalue weighted by molar-refractivity contribution is -0.141. The summed E-state index contributed by atoms with van der Waals surface area (Å²) in [6.07, 6.45) is 0.572. The molecule has 1 aliphatic rings. The fourth-order valence-electron chi connectivity index (χ4n) is 2.26. The topological polar surface area (TPSA) is 69.7 Å². The smallest absolute Gasteiger partial charge is 0.337 e. The fourth-order valence-corrected chi connectivity index (χ4v) is 2.26. The van der Waals surface area contributed by atoms with Crippen molar-refractivity contribution < 1.29 is 23.9 Å². The first-order valence-electron chi connectivity index (χ1n) is 5.89. The van der Waals surface area contributed by atoms with Crippen molar-refractivity contribution in [3.8, 4) is 0 Å². The molecule has 0 saturated heterocycles.